The lowest BCUT2D eigenvalue weighted by Gasteiger charge is -2.32. The second-order valence-electron chi connectivity index (χ2n) is 10.9. The predicted octanol–water partition coefficient (Wildman–Crippen LogP) is 4.77. The number of likely N-dealkylation sites (N-methyl/N-ethyl adjacent to an activating group) is 1. The molecule has 3 aromatic carbocycles. The zero-order valence-corrected chi connectivity index (χ0v) is 22.9. The largest absolute Gasteiger partial charge is 0.366 e. The first kappa shape index (κ1) is 26.4. The van der Waals surface area contributed by atoms with Crippen LogP contribution in [0.3, 0.4) is 0 Å². The summed E-state index contributed by atoms with van der Waals surface area (Å²) in [5.41, 5.74) is 11.7. The summed E-state index contributed by atoms with van der Waals surface area (Å²) in [6.07, 6.45) is 0.443. The Morgan fingerprint density at radius 2 is 1.74 bits per heavy atom. The van der Waals surface area contributed by atoms with E-state index < -0.39 is 5.91 Å². The number of anilines is 1. The van der Waals surface area contributed by atoms with Crippen molar-refractivity contribution in [1.82, 2.24) is 14.8 Å². The maximum atomic E-state index is 13.3. The quantitative estimate of drug-likeness (QED) is 0.337. The number of nitrogens with one attached hydrogen (secondary N) is 2. The number of amides is 3. The first-order valence-corrected chi connectivity index (χ1v) is 13.4. The molecule has 1 saturated heterocycles. The summed E-state index contributed by atoms with van der Waals surface area (Å²) in [5, 5.41) is 4.80. The maximum absolute atomic E-state index is 13.3. The molecule has 8 nitrogen and oxygen atoms in total. The SMILES string of the molecule is Cc1c(NC(=O)CC(C)C)cccc1-c1ccc(C(N)=O)c2[nH]c3cc(C(=O)N4CCN(C)CC4)ccc3c12. The zero-order chi connectivity index (χ0) is 27.8. The molecule has 39 heavy (non-hydrogen) atoms. The average Bonchev–Trinajstić information content (AvgIpc) is 3.28. The molecular weight excluding hydrogens is 490 g/mol. The van der Waals surface area contributed by atoms with Gasteiger partial charge in [-0.3, -0.25) is 14.4 Å². The minimum atomic E-state index is -0.529. The lowest BCUT2D eigenvalue weighted by Crippen LogP contribution is -2.47. The normalized spacial score (nSPS) is 14.3. The third kappa shape index (κ3) is 5.12. The van der Waals surface area contributed by atoms with Gasteiger partial charge < -0.3 is 25.8 Å². The van der Waals surface area contributed by atoms with Crippen LogP contribution >= 0.6 is 0 Å². The Hall–Kier alpha value is -4.17. The van der Waals surface area contributed by atoms with Crippen LogP contribution in [0.1, 0.15) is 46.5 Å². The highest BCUT2D eigenvalue weighted by atomic mass is 16.2. The van der Waals surface area contributed by atoms with E-state index in [-0.39, 0.29) is 17.7 Å². The van der Waals surface area contributed by atoms with Crippen molar-refractivity contribution in [1.29, 1.82) is 0 Å². The molecule has 1 aliphatic rings. The van der Waals surface area contributed by atoms with Crippen LogP contribution in [-0.2, 0) is 4.79 Å². The molecule has 2 heterocycles. The zero-order valence-electron chi connectivity index (χ0n) is 22.9. The molecule has 4 N–H and O–H groups in total. The number of benzene rings is 3. The molecule has 3 amide bonds. The molecule has 0 spiro atoms. The summed E-state index contributed by atoms with van der Waals surface area (Å²) in [4.78, 5) is 45.6. The van der Waals surface area contributed by atoms with Crippen molar-refractivity contribution in [3.05, 3.63) is 65.2 Å². The number of nitrogens with zero attached hydrogens (tertiary/aromatic N) is 2. The first-order chi connectivity index (χ1) is 18.6. The van der Waals surface area contributed by atoms with Gasteiger partial charge in [0.1, 0.15) is 0 Å². The Morgan fingerprint density at radius 3 is 2.44 bits per heavy atom. The van der Waals surface area contributed by atoms with E-state index in [2.05, 4.69) is 22.2 Å². The monoisotopic (exact) mass is 525 g/mol. The molecule has 1 aromatic heterocycles. The molecule has 202 valence electrons. The van der Waals surface area contributed by atoms with Gasteiger partial charge in [-0.2, -0.15) is 0 Å². The summed E-state index contributed by atoms with van der Waals surface area (Å²) in [7, 11) is 2.06. The number of fused-ring (bicyclic) bond motifs is 3. The molecule has 0 radical (unpaired) electrons. The number of primary amides is 1. The van der Waals surface area contributed by atoms with Crippen molar-refractivity contribution in [2.75, 3.05) is 38.5 Å². The molecule has 5 rings (SSSR count). The Bertz CT molecular complexity index is 1600. The Kier molecular flexibility index (Phi) is 7.14. The van der Waals surface area contributed by atoms with Gasteiger partial charge >= 0.3 is 0 Å². The lowest BCUT2D eigenvalue weighted by molar-refractivity contribution is -0.116. The van der Waals surface area contributed by atoms with Crippen LogP contribution < -0.4 is 11.1 Å². The number of piperazine rings is 1. The number of rotatable bonds is 6. The number of aromatic amines is 1. The Morgan fingerprint density at radius 1 is 1.00 bits per heavy atom. The van der Waals surface area contributed by atoms with Gasteiger partial charge in [0.25, 0.3) is 11.8 Å². The van der Waals surface area contributed by atoms with E-state index in [0.717, 1.165) is 51.8 Å². The summed E-state index contributed by atoms with van der Waals surface area (Å²) < 4.78 is 0. The van der Waals surface area contributed by atoms with Crippen LogP contribution in [0.5, 0.6) is 0 Å². The minimum absolute atomic E-state index is 0.000288. The smallest absolute Gasteiger partial charge is 0.254 e. The van der Waals surface area contributed by atoms with Crippen molar-refractivity contribution in [2.24, 2.45) is 11.7 Å². The first-order valence-electron chi connectivity index (χ1n) is 13.4. The molecule has 0 atom stereocenters. The van der Waals surface area contributed by atoms with Crippen LogP contribution in [0.25, 0.3) is 32.9 Å². The van der Waals surface area contributed by atoms with Crippen LogP contribution in [0.4, 0.5) is 5.69 Å². The maximum Gasteiger partial charge on any atom is 0.254 e. The second-order valence-corrected chi connectivity index (χ2v) is 10.9. The fourth-order valence-electron chi connectivity index (χ4n) is 5.40. The van der Waals surface area contributed by atoms with Gasteiger partial charge in [-0.1, -0.05) is 38.1 Å². The highest BCUT2D eigenvalue weighted by Crippen LogP contribution is 2.39. The van der Waals surface area contributed by atoms with Gasteiger partial charge in [-0.25, -0.2) is 0 Å². The van der Waals surface area contributed by atoms with Crippen LogP contribution in [0.15, 0.2) is 48.5 Å². The number of H-pyrrole nitrogens is 1. The van der Waals surface area contributed by atoms with Gasteiger partial charge in [0.2, 0.25) is 5.91 Å². The van der Waals surface area contributed by atoms with E-state index in [1.807, 2.05) is 68.1 Å². The second kappa shape index (κ2) is 10.5. The molecular formula is C31H35N5O3. The van der Waals surface area contributed by atoms with E-state index in [0.29, 0.717) is 36.2 Å². The van der Waals surface area contributed by atoms with Gasteiger partial charge in [-0.05, 0) is 60.8 Å². The van der Waals surface area contributed by atoms with Crippen molar-refractivity contribution in [3.63, 3.8) is 0 Å². The van der Waals surface area contributed by atoms with E-state index in [9.17, 15) is 14.4 Å². The number of carbonyl (C=O) groups is 3. The molecule has 0 bridgehead atoms. The lowest BCUT2D eigenvalue weighted by atomic mass is 9.93. The van der Waals surface area contributed by atoms with Gasteiger partial charge in [-0.15, -0.1) is 0 Å². The fraction of sp³-hybridized carbons (Fsp3) is 0.323. The number of hydrogen-bond acceptors (Lipinski definition) is 4. The molecule has 0 aliphatic carbocycles. The van der Waals surface area contributed by atoms with E-state index >= 15 is 0 Å². The van der Waals surface area contributed by atoms with Gasteiger partial charge in [0.05, 0.1) is 11.1 Å². The summed E-state index contributed by atoms with van der Waals surface area (Å²) >= 11 is 0. The van der Waals surface area contributed by atoms with Gasteiger partial charge in [0.15, 0.2) is 0 Å². The van der Waals surface area contributed by atoms with Crippen LogP contribution in [0, 0.1) is 12.8 Å². The van der Waals surface area contributed by atoms with Crippen LogP contribution in [0.2, 0.25) is 0 Å². The van der Waals surface area contributed by atoms with E-state index in [1.165, 1.54) is 0 Å². The molecule has 0 saturated carbocycles. The average molecular weight is 526 g/mol. The van der Waals surface area contributed by atoms with E-state index in [4.69, 9.17) is 5.73 Å². The molecule has 1 aliphatic heterocycles. The topological polar surface area (TPSA) is 112 Å². The van der Waals surface area contributed by atoms with Gasteiger partial charge in [0, 0.05) is 60.1 Å². The number of nitrogens with two attached hydrogens (primary N) is 1. The molecule has 4 aromatic rings. The summed E-state index contributed by atoms with van der Waals surface area (Å²) in [5.74, 6) is -0.296. The molecule has 1 fully saturated rings. The third-order valence-electron chi connectivity index (χ3n) is 7.55. The third-order valence-corrected chi connectivity index (χ3v) is 7.55. The number of carbonyl (C=O) groups excluding carboxylic acids is 3. The number of hydrogen-bond donors (Lipinski definition) is 3. The Balaban J connectivity index is 1.61. The van der Waals surface area contributed by atoms with Crippen molar-refractivity contribution >= 4 is 45.2 Å². The minimum Gasteiger partial charge on any atom is -0.366 e. The highest BCUT2D eigenvalue weighted by Gasteiger charge is 2.23. The van der Waals surface area contributed by atoms with Crippen molar-refractivity contribution in [2.45, 2.75) is 27.2 Å². The highest BCUT2D eigenvalue weighted by molar-refractivity contribution is 6.20. The fourth-order valence-corrected chi connectivity index (χ4v) is 5.40. The molecule has 0 unspecified atom stereocenters. The summed E-state index contributed by atoms with van der Waals surface area (Å²) in [6.45, 7) is 9.10. The standard InChI is InChI=1S/C31H35N5O3/c1-18(2)16-27(37)33-25-7-5-6-21(19(25)3)22-10-11-24(30(32)38)29-28(22)23-9-8-20(17-26(23)34-29)31(39)36-14-12-35(4)13-15-36/h5-11,17-18,34H,12-16H2,1-4H3,(H2,32,38)(H,33,37). The number of aromatic nitrogens is 1. The predicted molar refractivity (Wildman–Crippen MR) is 156 cm³/mol. The summed E-state index contributed by atoms with van der Waals surface area (Å²) in [6, 6.07) is 15.1. The van der Waals surface area contributed by atoms with Crippen molar-refractivity contribution in [3.8, 4) is 11.1 Å². The molecule has 8 heteroatoms. The van der Waals surface area contributed by atoms with Crippen LogP contribution in [-0.4, -0.2) is 65.7 Å². The Labute approximate surface area is 228 Å². The van der Waals surface area contributed by atoms with Crippen molar-refractivity contribution < 1.29 is 14.4 Å². The van der Waals surface area contributed by atoms with E-state index in [1.54, 1.807) is 6.07 Å².